The van der Waals surface area contributed by atoms with Gasteiger partial charge in [0.05, 0.1) is 38.1 Å². The van der Waals surface area contributed by atoms with Gasteiger partial charge >= 0.3 is 5.97 Å². The molecule has 1 unspecified atom stereocenters. The van der Waals surface area contributed by atoms with Gasteiger partial charge in [0.15, 0.2) is 5.11 Å². The highest BCUT2D eigenvalue weighted by Crippen LogP contribution is 2.37. The maximum atomic E-state index is 12.9. The highest BCUT2D eigenvalue weighted by atomic mass is 32.1. The molecule has 2 aromatic rings. The van der Waals surface area contributed by atoms with Gasteiger partial charge in [0.25, 0.3) is 0 Å². The third kappa shape index (κ3) is 3.94. The molecule has 1 aliphatic heterocycles. The number of carbonyl (C=O) groups excluding carboxylic acids is 1. The number of methoxy groups -OCH3 is 2. The molecule has 3 rings (SSSR count). The Morgan fingerprint density at radius 3 is 2.50 bits per heavy atom. The van der Waals surface area contributed by atoms with Crippen LogP contribution in [0.2, 0.25) is 0 Å². The van der Waals surface area contributed by atoms with Crippen LogP contribution in [0.1, 0.15) is 24.1 Å². The predicted molar refractivity (Wildman–Crippen MR) is 111 cm³/mol. The second kappa shape index (κ2) is 8.75. The molecular formula is C21H22N2O4S. The maximum absolute atomic E-state index is 12.9. The molecule has 0 spiro atoms. The summed E-state index contributed by atoms with van der Waals surface area (Å²) in [7, 11) is 3.16. The van der Waals surface area contributed by atoms with Crippen molar-refractivity contribution in [3.63, 3.8) is 0 Å². The number of nitrogens with one attached hydrogen (secondary N) is 2. The average molecular weight is 398 g/mol. The van der Waals surface area contributed by atoms with E-state index in [2.05, 4.69) is 10.6 Å². The minimum atomic E-state index is -0.538. The fourth-order valence-electron chi connectivity index (χ4n) is 3.12. The summed E-state index contributed by atoms with van der Waals surface area (Å²) >= 11 is 5.42. The third-order valence-electron chi connectivity index (χ3n) is 4.38. The molecule has 1 aliphatic rings. The number of carbonyl (C=O) groups is 1. The highest BCUT2D eigenvalue weighted by molar-refractivity contribution is 7.80. The second-order valence-corrected chi connectivity index (χ2v) is 6.42. The Hall–Kier alpha value is -3.06. The molecule has 0 saturated carbocycles. The molecule has 2 aromatic carbocycles. The summed E-state index contributed by atoms with van der Waals surface area (Å²) in [5.74, 6) is 0.810. The number of thiocarbonyl (C=S) groups is 1. The van der Waals surface area contributed by atoms with Gasteiger partial charge in [-0.1, -0.05) is 30.3 Å². The van der Waals surface area contributed by atoms with Crippen LogP contribution >= 0.6 is 12.2 Å². The summed E-state index contributed by atoms with van der Waals surface area (Å²) in [5, 5.41) is 6.70. The molecule has 146 valence electrons. The average Bonchev–Trinajstić information content (AvgIpc) is 2.73. The Labute approximate surface area is 169 Å². The van der Waals surface area contributed by atoms with Gasteiger partial charge in [-0.15, -0.1) is 0 Å². The summed E-state index contributed by atoms with van der Waals surface area (Å²) in [6, 6.07) is 14.5. The normalized spacial score (nSPS) is 16.1. The van der Waals surface area contributed by atoms with Gasteiger partial charge in [-0.05, 0) is 36.8 Å². The monoisotopic (exact) mass is 398 g/mol. The van der Waals surface area contributed by atoms with Crippen molar-refractivity contribution >= 4 is 29.0 Å². The maximum Gasteiger partial charge on any atom is 0.338 e. The summed E-state index contributed by atoms with van der Waals surface area (Å²) in [6.45, 7) is 2.04. The molecule has 0 bridgehead atoms. The molecule has 0 radical (unpaired) electrons. The largest absolute Gasteiger partial charge is 0.497 e. The van der Waals surface area contributed by atoms with Crippen molar-refractivity contribution in [3.8, 4) is 11.5 Å². The van der Waals surface area contributed by atoms with Crippen molar-refractivity contribution in [3.05, 3.63) is 65.2 Å². The molecule has 0 aliphatic carbocycles. The van der Waals surface area contributed by atoms with Crippen molar-refractivity contribution in [1.29, 1.82) is 0 Å². The summed E-state index contributed by atoms with van der Waals surface area (Å²) in [5.41, 5.74) is 2.64. The van der Waals surface area contributed by atoms with Crippen LogP contribution in [0.15, 0.2) is 54.1 Å². The Balaban J connectivity index is 2.20. The lowest BCUT2D eigenvalue weighted by atomic mass is 9.92. The molecule has 2 N–H and O–H groups in total. The van der Waals surface area contributed by atoms with Crippen LogP contribution in [0.3, 0.4) is 0 Å². The van der Waals surface area contributed by atoms with Crippen LogP contribution < -0.4 is 20.1 Å². The first kappa shape index (κ1) is 19.7. The van der Waals surface area contributed by atoms with Crippen molar-refractivity contribution in [1.82, 2.24) is 10.6 Å². The number of ether oxygens (including phenoxy) is 3. The van der Waals surface area contributed by atoms with Crippen molar-refractivity contribution in [2.75, 3.05) is 20.8 Å². The van der Waals surface area contributed by atoms with E-state index in [-0.39, 0.29) is 6.61 Å². The Kier molecular flexibility index (Phi) is 6.16. The second-order valence-electron chi connectivity index (χ2n) is 6.01. The molecular weight excluding hydrogens is 376 g/mol. The van der Waals surface area contributed by atoms with Crippen molar-refractivity contribution in [2.45, 2.75) is 13.0 Å². The Bertz CT molecular complexity index is 912. The van der Waals surface area contributed by atoms with Crippen molar-refractivity contribution in [2.24, 2.45) is 0 Å². The minimum Gasteiger partial charge on any atom is -0.497 e. The number of benzene rings is 2. The van der Waals surface area contributed by atoms with Crippen LogP contribution in [0.4, 0.5) is 0 Å². The molecule has 0 amide bonds. The van der Waals surface area contributed by atoms with E-state index in [1.165, 1.54) is 0 Å². The molecule has 7 heteroatoms. The van der Waals surface area contributed by atoms with E-state index in [9.17, 15) is 4.79 Å². The van der Waals surface area contributed by atoms with E-state index in [4.69, 9.17) is 26.4 Å². The zero-order valence-electron chi connectivity index (χ0n) is 15.9. The fourth-order valence-corrected chi connectivity index (χ4v) is 3.34. The number of esters is 1. The van der Waals surface area contributed by atoms with Crippen LogP contribution in [-0.2, 0) is 9.53 Å². The smallest absolute Gasteiger partial charge is 0.338 e. The summed E-state index contributed by atoms with van der Waals surface area (Å²) in [4.78, 5) is 12.9. The van der Waals surface area contributed by atoms with Gasteiger partial charge in [0, 0.05) is 11.6 Å². The van der Waals surface area contributed by atoms with Crippen molar-refractivity contribution < 1.29 is 19.0 Å². The van der Waals surface area contributed by atoms with Crippen LogP contribution in [-0.4, -0.2) is 31.9 Å². The van der Waals surface area contributed by atoms with Crippen LogP contribution in [0.25, 0.3) is 5.70 Å². The first-order valence-corrected chi connectivity index (χ1v) is 9.26. The van der Waals surface area contributed by atoms with Gasteiger partial charge in [-0.2, -0.15) is 0 Å². The Morgan fingerprint density at radius 2 is 1.86 bits per heavy atom. The molecule has 0 fully saturated rings. The summed E-state index contributed by atoms with van der Waals surface area (Å²) < 4.78 is 16.2. The molecule has 1 heterocycles. The molecule has 0 aromatic heterocycles. The summed E-state index contributed by atoms with van der Waals surface area (Å²) in [6.07, 6.45) is 0. The molecule has 28 heavy (non-hydrogen) atoms. The van der Waals surface area contributed by atoms with E-state index in [0.29, 0.717) is 27.9 Å². The van der Waals surface area contributed by atoms with E-state index in [0.717, 1.165) is 11.1 Å². The Morgan fingerprint density at radius 1 is 1.11 bits per heavy atom. The van der Waals surface area contributed by atoms with Gasteiger partial charge in [0.2, 0.25) is 0 Å². The molecule has 0 saturated heterocycles. The third-order valence-corrected chi connectivity index (χ3v) is 4.60. The van der Waals surface area contributed by atoms with Gasteiger partial charge in [-0.25, -0.2) is 4.79 Å². The number of hydrogen-bond acceptors (Lipinski definition) is 5. The van der Waals surface area contributed by atoms with E-state index in [1.54, 1.807) is 27.2 Å². The minimum absolute atomic E-state index is 0.265. The van der Waals surface area contributed by atoms with Gasteiger partial charge in [0.1, 0.15) is 11.5 Å². The number of rotatable bonds is 6. The van der Waals surface area contributed by atoms with Crippen LogP contribution in [0, 0.1) is 0 Å². The fraction of sp³-hybridized carbons (Fsp3) is 0.238. The standard InChI is InChI=1S/C21H22N2O4S/c1-4-27-20(24)17-18(13-8-6-5-7-9-13)22-21(28)23-19(17)15-11-10-14(25-2)12-16(15)26-3/h5-12,19H,4H2,1-3H3,(H2,22,23,28). The zero-order chi connectivity index (χ0) is 20.1. The lowest BCUT2D eigenvalue weighted by molar-refractivity contribution is -0.138. The first-order chi connectivity index (χ1) is 13.6. The SMILES string of the molecule is CCOC(=O)C1=C(c2ccccc2)NC(=S)NC1c1ccc(OC)cc1OC. The molecule has 1 atom stereocenters. The topological polar surface area (TPSA) is 68.8 Å². The van der Waals surface area contributed by atoms with E-state index >= 15 is 0 Å². The number of hydrogen-bond donors (Lipinski definition) is 2. The predicted octanol–water partition coefficient (Wildman–Crippen LogP) is 3.20. The van der Waals surface area contributed by atoms with Crippen LogP contribution in [0.5, 0.6) is 11.5 Å². The van der Waals surface area contributed by atoms with Gasteiger partial charge < -0.3 is 24.8 Å². The quantitative estimate of drug-likeness (QED) is 0.572. The highest BCUT2D eigenvalue weighted by Gasteiger charge is 2.34. The molecule has 6 nitrogen and oxygen atoms in total. The zero-order valence-corrected chi connectivity index (χ0v) is 16.8. The first-order valence-electron chi connectivity index (χ1n) is 8.85. The van der Waals surface area contributed by atoms with Gasteiger partial charge in [-0.3, -0.25) is 0 Å². The lowest BCUT2D eigenvalue weighted by Gasteiger charge is -2.32. The van der Waals surface area contributed by atoms with E-state index in [1.807, 2.05) is 42.5 Å². The van der Waals surface area contributed by atoms with E-state index < -0.39 is 12.0 Å². The lowest BCUT2D eigenvalue weighted by Crippen LogP contribution is -2.45.